The lowest BCUT2D eigenvalue weighted by molar-refractivity contribution is 0.0520. The van der Waals surface area contributed by atoms with Crippen LogP contribution in [-0.4, -0.2) is 24.8 Å². The molecule has 0 aromatic carbocycles. The molecule has 0 aromatic heterocycles. The molecule has 1 fully saturated rings. The first-order chi connectivity index (χ1) is 9.26. The summed E-state index contributed by atoms with van der Waals surface area (Å²) in [5, 5.41) is 12.6. The molecule has 1 aliphatic rings. The van der Waals surface area contributed by atoms with Crippen molar-refractivity contribution >= 4 is 0 Å². The first-order valence-corrected chi connectivity index (χ1v) is 8.04. The Morgan fingerprint density at radius 1 is 1.21 bits per heavy atom. The zero-order valence-corrected chi connectivity index (χ0v) is 12.7. The van der Waals surface area contributed by atoms with Gasteiger partial charge in [0.05, 0.1) is 12.2 Å². The fourth-order valence-corrected chi connectivity index (χ4v) is 2.91. The molecule has 2 unspecified atom stereocenters. The summed E-state index contributed by atoms with van der Waals surface area (Å²) in [5.41, 5.74) is -0.319. The smallest absolute Gasteiger partial charge is 0.109 e. The third-order valence-electron chi connectivity index (χ3n) is 4.05. The lowest BCUT2D eigenvalue weighted by Crippen LogP contribution is -2.41. The van der Waals surface area contributed by atoms with Crippen molar-refractivity contribution in [2.45, 2.75) is 83.3 Å². The number of unbranched alkanes of at least 4 members (excludes halogenated alkanes) is 5. The van der Waals surface area contributed by atoms with Crippen LogP contribution in [0.4, 0.5) is 0 Å². The number of hydrogen-bond acceptors (Lipinski definition) is 3. The van der Waals surface area contributed by atoms with Crippen molar-refractivity contribution in [2.75, 3.05) is 13.2 Å². The highest BCUT2D eigenvalue weighted by Gasteiger charge is 2.39. The van der Waals surface area contributed by atoms with E-state index in [-0.39, 0.29) is 11.6 Å². The first kappa shape index (κ1) is 16.5. The van der Waals surface area contributed by atoms with E-state index >= 15 is 0 Å². The second-order valence-corrected chi connectivity index (χ2v) is 5.73. The predicted molar refractivity (Wildman–Crippen MR) is 79.0 cm³/mol. The van der Waals surface area contributed by atoms with Crippen LogP contribution in [-0.2, 0) is 4.74 Å². The number of nitrogens with zero attached hydrogens (tertiary/aromatic N) is 1. The van der Waals surface area contributed by atoms with Gasteiger partial charge in [-0.25, -0.2) is 0 Å². The van der Waals surface area contributed by atoms with E-state index in [0.29, 0.717) is 0 Å². The van der Waals surface area contributed by atoms with Crippen LogP contribution < -0.4 is 5.32 Å². The van der Waals surface area contributed by atoms with E-state index in [1.807, 2.05) is 0 Å². The lowest BCUT2D eigenvalue weighted by atomic mass is 10.00. The zero-order valence-electron chi connectivity index (χ0n) is 12.7. The molecule has 2 atom stereocenters. The van der Waals surface area contributed by atoms with Gasteiger partial charge in [0, 0.05) is 13.0 Å². The van der Waals surface area contributed by atoms with Gasteiger partial charge in [0.15, 0.2) is 0 Å². The van der Waals surface area contributed by atoms with Crippen molar-refractivity contribution in [3.8, 4) is 6.07 Å². The van der Waals surface area contributed by atoms with Crippen LogP contribution in [0.15, 0.2) is 0 Å². The van der Waals surface area contributed by atoms with E-state index in [9.17, 15) is 5.26 Å². The molecule has 110 valence electrons. The highest BCUT2D eigenvalue weighted by atomic mass is 16.5. The minimum Gasteiger partial charge on any atom is -0.378 e. The summed E-state index contributed by atoms with van der Waals surface area (Å²) in [6.45, 7) is 6.03. The van der Waals surface area contributed by atoms with Gasteiger partial charge in [-0.15, -0.1) is 0 Å². The molecule has 1 aliphatic carbocycles. The Bertz CT molecular complexity index is 274. The molecule has 0 spiro atoms. The van der Waals surface area contributed by atoms with E-state index in [1.54, 1.807) is 0 Å². The SMILES string of the molecule is CCCCCCCCOC1CCC(C#N)(NCC)C1. The molecule has 1 saturated carbocycles. The van der Waals surface area contributed by atoms with Crippen molar-refractivity contribution in [3.63, 3.8) is 0 Å². The average Bonchev–Trinajstić information content (AvgIpc) is 2.82. The average molecular weight is 266 g/mol. The first-order valence-electron chi connectivity index (χ1n) is 8.04. The van der Waals surface area contributed by atoms with Crippen molar-refractivity contribution in [3.05, 3.63) is 0 Å². The summed E-state index contributed by atoms with van der Waals surface area (Å²) in [6, 6.07) is 2.44. The standard InChI is InChI=1S/C16H30N2O/c1-3-5-6-7-8-9-12-19-15-10-11-16(13-15,14-17)18-4-2/h15,18H,3-13H2,1-2H3. The number of ether oxygens (including phenoxy) is 1. The summed E-state index contributed by atoms with van der Waals surface area (Å²) in [6.07, 6.45) is 10.9. The number of nitrogens with one attached hydrogen (secondary N) is 1. The van der Waals surface area contributed by atoms with Gasteiger partial charge in [-0.1, -0.05) is 46.0 Å². The number of rotatable bonds is 10. The quantitative estimate of drug-likeness (QED) is 0.612. The van der Waals surface area contributed by atoms with Crippen LogP contribution in [0.25, 0.3) is 0 Å². The second-order valence-electron chi connectivity index (χ2n) is 5.73. The third-order valence-corrected chi connectivity index (χ3v) is 4.05. The Hall–Kier alpha value is -0.590. The molecule has 0 heterocycles. The van der Waals surface area contributed by atoms with E-state index in [4.69, 9.17) is 4.74 Å². The number of hydrogen-bond donors (Lipinski definition) is 1. The van der Waals surface area contributed by atoms with Gasteiger partial charge in [-0.2, -0.15) is 5.26 Å². The highest BCUT2D eigenvalue weighted by molar-refractivity contribution is 5.12. The molecule has 0 amide bonds. The summed E-state index contributed by atoms with van der Waals surface area (Å²) in [4.78, 5) is 0. The summed E-state index contributed by atoms with van der Waals surface area (Å²) < 4.78 is 5.92. The highest BCUT2D eigenvalue weighted by Crippen LogP contribution is 2.31. The number of nitriles is 1. The minimum absolute atomic E-state index is 0.286. The molecule has 3 nitrogen and oxygen atoms in total. The summed E-state index contributed by atoms with van der Waals surface area (Å²) >= 11 is 0. The fraction of sp³-hybridized carbons (Fsp3) is 0.938. The molecule has 1 N–H and O–H groups in total. The second kappa shape index (κ2) is 9.34. The largest absolute Gasteiger partial charge is 0.378 e. The fourth-order valence-electron chi connectivity index (χ4n) is 2.91. The van der Waals surface area contributed by atoms with Crippen LogP contribution >= 0.6 is 0 Å². The zero-order chi connectivity index (χ0) is 14.0. The Morgan fingerprint density at radius 3 is 2.63 bits per heavy atom. The Labute approximate surface area is 118 Å². The molecule has 0 saturated heterocycles. The molecule has 3 heteroatoms. The molecule has 1 rings (SSSR count). The van der Waals surface area contributed by atoms with Gasteiger partial charge in [-0.05, 0) is 25.8 Å². The van der Waals surface area contributed by atoms with Gasteiger partial charge in [0.25, 0.3) is 0 Å². The maximum Gasteiger partial charge on any atom is 0.109 e. The molecule has 19 heavy (non-hydrogen) atoms. The molecule has 0 bridgehead atoms. The molecule has 0 aromatic rings. The maximum absolute atomic E-state index is 9.29. The predicted octanol–water partition coefficient (Wildman–Crippen LogP) is 3.79. The third kappa shape index (κ3) is 5.93. The van der Waals surface area contributed by atoms with E-state index in [1.165, 1.54) is 38.5 Å². The Balaban J connectivity index is 2.07. The van der Waals surface area contributed by atoms with Crippen molar-refractivity contribution in [2.24, 2.45) is 0 Å². The topological polar surface area (TPSA) is 45.0 Å². The van der Waals surface area contributed by atoms with Crippen LogP contribution in [0.5, 0.6) is 0 Å². The Morgan fingerprint density at radius 2 is 1.95 bits per heavy atom. The van der Waals surface area contributed by atoms with Crippen LogP contribution in [0.3, 0.4) is 0 Å². The normalized spacial score (nSPS) is 26.5. The Kier molecular flexibility index (Phi) is 8.09. The van der Waals surface area contributed by atoms with Crippen molar-refractivity contribution < 1.29 is 4.74 Å². The summed E-state index contributed by atoms with van der Waals surface area (Å²) in [5.74, 6) is 0. The van der Waals surface area contributed by atoms with Crippen LogP contribution in [0.1, 0.15) is 71.6 Å². The van der Waals surface area contributed by atoms with Crippen LogP contribution in [0, 0.1) is 11.3 Å². The van der Waals surface area contributed by atoms with Crippen molar-refractivity contribution in [1.29, 1.82) is 5.26 Å². The molecule has 0 radical (unpaired) electrons. The summed E-state index contributed by atoms with van der Waals surface area (Å²) in [7, 11) is 0. The van der Waals surface area contributed by atoms with Gasteiger partial charge in [0.2, 0.25) is 0 Å². The van der Waals surface area contributed by atoms with Gasteiger partial charge < -0.3 is 4.74 Å². The minimum atomic E-state index is -0.319. The van der Waals surface area contributed by atoms with E-state index in [2.05, 4.69) is 25.2 Å². The molecular formula is C16H30N2O. The van der Waals surface area contributed by atoms with Gasteiger partial charge in [0.1, 0.15) is 5.54 Å². The van der Waals surface area contributed by atoms with Crippen molar-refractivity contribution in [1.82, 2.24) is 5.32 Å². The van der Waals surface area contributed by atoms with Gasteiger partial charge >= 0.3 is 0 Å². The van der Waals surface area contributed by atoms with E-state index < -0.39 is 0 Å². The monoisotopic (exact) mass is 266 g/mol. The van der Waals surface area contributed by atoms with Crippen LogP contribution in [0.2, 0.25) is 0 Å². The lowest BCUT2D eigenvalue weighted by Gasteiger charge is -2.21. The maximum atomic E-state index is 9.29. The van der Waals surface area contributed by atoms with Gasteiger partial charge in [-0.3, -0.25) is 5.32 Å². The molecule has 0 aliphatic heterocycles. The van der Waals surface area contributed by atoms with E-state index in [0.717, 1.165) is 32.4 Å². The molecular weight excluding hydrogens is 236 g/mol.